The summed E-state index contributed by atoms with van der Waals surface area (Å²) in [7, 11) is 0. The van der Waals surface area contributed by atoms with Crippen molar-refractivity contribution in [1.29, 1.82) is 0 Å². The molecule has 0 saturated heterocycles. The van der Waals surface area contributed by atoms with Gasteiger partial charge in [-0.1, -0.05) is 52.3 Å². The third-order valence-electron chi connectivity index (χ3n) is 3.74. The SMILES string of the molecule is CC(N[C@H](C)c1ccccc1Br)c1cc2ccccc2o1. The third kappa shape index (κ3) is 3.04. The van der Waals surface area contributed by atoms with Gasteiger partial charge in [-0.25, -0.2) is 0 Å². The van der Waals surface area contributed by atoms with Crippen LogP contribution in [0.1, 0.15) is 37.3 Å². The van der Waals surface area contributed by atoms with Crippen LogP contribution in [0.5, 0.6) is 0 Å². The second-order valence-electron chi connectivity index (χ2n) is 5.32. The lowest BCUT2D eigenvalue weighted by Crippen LogP contribution is -2.22. The summed E-state index contributed by atoms with van der Waals surface area (Å²) in [5.41, 5.74) is 2.19. The van der Waals surface area contributed by atoms with Crippen LogP contribution in [0.4, 0.5) is 0 Å². The fraction of sp³-hybridized carbons (Fsp3) is 0.222. The minimum absolute atomic E-state index is 0.152. The van der Waals surface area contributed by atoms with Gasteiger partial charge < -0.3 is 9.73 Å². The van der Waals surface area contributed by atoms with Gasteiger partial charge in [0.1, 0.15) is 11.3 Å². The van der Waals surface area contributed by atoms with Gasteiger partial charge in [0.2, 0.25) is 0 Å². The van der Waals surface area contributed by atoms with Crippen molar-refractivity contribution in [2.24, 2.45) is 0 Å². The fourth-order valence-corrected chi connectivity index (χ4v) is 3.22. The lowest BCUT2D eigenvalue weighted by atomic mass is 10.1. The molecule has 2 aromatic carbocycles. The van der Waals surface area contributed by atoms with E-state index in [1.165, 1.54) is 5.56 Å². The van der Waals surface area contributed by atoms with Crippen LogP contribution in [0, 0.1) is 0 Å². The fourth-order valence-electron chi connectivity index (χ4n) is 2.59. The van der Waals surface area contributed by atoms with Crippen molar-refractivity contribution in [3.05, 3.63) is 70.4 Å². The van der Waals surface area contributed by atoms with E-state index in [9.17, 15) is 0 Å². The molecule has 0 aliphatic heterocycles. The summed E-state index contributed by atoms with van der Waals surface area (Å²) in [5, 5.41) is 4.74. The van der Waals surface area contributed by atoms with Crippen molar-refractivity contribution >= 4 is 26.9 Å². The molecule has 2 nitrogen and oxygen atoms in total. The highest BCUT2D eigenvalue weighted by Gasteiger charge is 2.16. The number of para-hydroxylation sites is 1. The first kappa shape index (κ1) is 14.4. The molecule has 21 heavy (non-hydrogen) atoms. The van der Waals surface area contributed by atoms with E-state index in [1.807, 2.05) is 24.3 Å². The van der Waals surface area contributed by atoms with E-state index in [-0.39, 0.29) is 12.1 Å². The Morgan fingerprint density at radius 2 is 1.67 bits per heavy atom. The summed E-state index contributed by atoms with van der Waals surface area (Å²) in [6.07, 6.45) is 0. The van der Waals surface area contributed by atoms with Gasteiger partial charge >= 0.3 is 0 Å². The summed E-state index contributed by atoms with van der Waals surface area (Å²) in [5.74, 6) is 0.968. The topological polar surface area (TPSA) is 25.2 Å². The highest BCUT2D eigenvalue weighted by atomic mass is 79.9. The molecule has 1 unspecified atom stereocenters. The van der Waals surface area contributed by atoms with Gasteiger partial charge in [0, 0.05) is 15.9 Å². The molecule has 0 saturated carbocycles. The van der Waals surface area contributed by atoms with Gasteiger partial charge in [0.05, 0.1) is 6.04 Å². The van der Waals surface area contributed by atoms with Crippen molar-refractivity contribution < 1.29 is 4.42 Å². The first-order valence-corrected chi connectivity index (χ1v) is 7.93. The monoisotopic (exact) mass is 343 g/mol. The number of halogens is 1. The summed E-state index contributed by atoms with van der Waals surface area (Å²) in [6, 6.07) is 18.9. The van der Waals surface area contributed by atoms with Crippen LogP contribution in [0.3, 0.4) is 0 Å². The van der Waals surface area contributed by atoms with Gasteiger partial charge in [-0.15, -0.1) is 0 Å². The van der Waals surface area contributed by atoms with E-state index in [0.717, 1.165) is 21.2 Å². The normalized spacial score (nSPS) is 14.2. The number of furan rings is 1. The second kappa shape index (κ2) is 6.04. The standard InChI is InChI=1S/C18H18BrNO/c1-12(15-8-4-5-9-16(15)19)20-13(2)18-11-14-7-3-6-10-17(14)21-18/h3-13,20H,1-2H3/t12-,13?/m1/s1. The third-order valence-corrected chi connectivity index (χ3v) is 4.47. The number of nitrogens with one attached hydrogen (secondary N) is 1. The predicted molar refractivity (Wildman–Crippen MR) is 90.3 cm³/mol. The molecule has 3 rings (SSSR count). The van der Waals surface area contributed by atoms with Crippen LogP contribution < -0.4 is 5.32 Å². The van der Waals surface area contributed by atoms with E-state index in [2.05, 4.69) is 65.4 Å². The first-order valence-electron chi connectivity index (χ1n) is 7.14. The number of hydrogen-bond acceptors (Lipinski definition) is 2. The minimum Gasteiger partial charge on any atom is -0.459 e. The number of hydrogen-bond donors (Lipinski definition) is 1. The van der Waals surface area contributed by atoms with E-state index < -0.39 is 0 Å². The Morgan fingerprint density at radius 3 is 2.43 bits per heavy atom. The van der Waals surface area contributed by atoms with Crippen LogP contribution in [-0.4, -0.2) is 0 Å². The molecule has 0 fully saturated rings. The smallest absolute Gasteiger partial charge is 0.134 e. The zero-order valence-electron chi connectivity index (χ0n) is 12.1. The summed E-state index contributed by atoms with van der Waals surface area (Å²) >= 11 is 3.61. The summed E-state index contributed by atoms with van der Waals surface area (Å²) in [6.45, 7) is 4.30. The molecule has 1 N–H and O–H groups in total. The van der Waals surface area contributed by atoms with Crippen LogP contribution in [0.25, 0.3) is 11.0 Å². The molecule has 1 heterocycles. The van der Waals surface area contributed by atoms with Crippen LogP contribution >= 0.6 is 15.9 Å². The molecule has 0 aliphatic carbocycles. The lowest BCUT2D eigenvalue weighted by molar-refractivity contribution is 0.417. The van der Waals surface area contributed by atoms with Crippen LogP contribution in [0.15, 0.2) is 63.5 Å². The maximum atomic E-state index is 5.92. The van der Waals surface area contributed by atoms with Crippen molar-refractivity contribution in [3.8, 4) is 0 Å². The molecule has 3 aromatic rings. The number of rotatable bonds is 4. The molecule has 1 aromatic heterocycles. The van der Waals surface area contributed by atoms with Gasteiger partial charge in [0.15, 0.2) is 0 Å². The maximum absolute atomic E-state index is 5.92. The first-order chi connectivity index (χ1) is 10.1. The molecule has 2 atom stereocenters. The molecular formula is C18H18BrNO. The Balaban J connectivity index is 1.79. The molecular weight excluding hydrogens is 326 g/mol. The summed E-state index contributed by atoms with van der Waals surface area (Å²) in [4.78, 5) is 0. The Labute approximate surface area is 133 Å². The van der Waals surface area contributed by atoms with E-state index in [4.69, 9.17) is 4.42 Å². The number of fused-ring (bicyclic) bond motifs is 1. The van der Waals surface area contributed by atoms with Crippen molar-refractivity contribution in [3.63, 3.8) is 0 Å². The highest BCUT2D eigenvalue weighted by molar-refractivity contribution is 9.10. The Kier molecular flexibility index (Phi) is 4.13. The summed E-state index contributed by atoms with van der Waals surface area (Å²) < 4.78 is 7.05. The van der Waals surface area contributed by atoms with E-state index >= 15 is 0 Å². The Bertz CT molecular complexity index is 717. The zero-order valence-corrected chi connectivity index (χ0v) is 13.7. The van der Waals surface area contributed by atoms with Gasteiger partial charge in [-0.3, -0.25) is 0 Å². The maximum Gasteiger partial charge on any atom is 0.134 e. The molecule has 3 heteroatoms. The minimum atomic E-state index is 0.152. The molecule has 0 amide bonds. The molecule has 0 bridgehead atoms. The molecule has 0 aliphatic rings. The van der Waals surface area contributed by atoms with Crippen molar-refractivity contribution in [1.82, 2.24) is 5.32 Å². The second-order valence-corrected chi connectivity index (χ2v) is 6.17. The van der Waals surface area contributed by atoms with Gasteiger partial charge in [-0.05, 0) is 37.6 Å². The zero-order chi connectivity index (χ0) is 14.8. The number of benzene rings is 2. The lowest BCUT2D eigenvalue weighted by Gasteiger charge is -2.20. The average molecular weight is 344 g/mol. The highest BCUT2D eigenvalue weighted by Crippen LogP contribution is 2.28. The average Bonchev–Trinajstić information content (AvgIpc) is 2.91. The van der Waals surface area contributed by atoms with Gasteiger partial charge in [-0.2, -0.15) is 0 Å². The van der Waals surface area contributed by atoms with Crippen LogP contribution in [-0.2, 0) is 0 Å². The largest absolute Gasteiger partial charge is 0.459 e. The van der Waals surface area contributed by atoms with Gasteiger partial charge in [0.25, 0.3) is 0 Å². The van der Waals surface area contributed by atoms with E-state index in [1.54, 1.807) is 0 Å². The van der Waals surface area contributed by atoms with Crippen LogP contribution in [0.2, 0.25) is 0 Å². The molecule has 0 spiro atoms. The Hall–Kier alpha value is -1.58. The quantitative estimate of drug-likeness (QED) is 0.666. The van der Waals surface area contributed by atoms with E-state index in [0.29, 0.717) is 0 Å². The molecule has 0 radical (unpaired) electrons. The van der Waals surface area contributed by atoms with Crippen molar-refractivity contribution in [2.45, 2.75) is 25.9 Å². The Morgan fingerprint density at radius 1 is 0.952 bits per heavy atom. The molecule has 108 valence electrons. The van der Waals surface area contributed by atoms with Crippen molar-refractivity contribution in [2.75, 3.05) is 0 Å². The predicted octanol–water partition coefficient (Wildman–Crippen LogP) is 5.61.